The number of nitrogens with zero attached hydrogens (tertiary/aromatic N) is 3. The first-order chi connectivity index (χ1) is 34.1. The zero-order chi connectivity index (χ0) is 45.3. The van der Waals surface area contributed by atoms with Crippen molar-refractivity contribution in [2.75, 3.05) is 0 Å². The summed E-state index contributed by atoms with van der Waals surface area (Å²) in [5, 5.41) is 12.0. The molecule has 0 spiro atoms. The number of aromatic nitrogens is 2. The fourth-order valence-corrected chi connectivity index (χ4v) is 11.9. The molecule has 4 heteroatoms. The van der Waals surface area contributed by atoms with Crippen LogP contribution in [0.25, 0.3) is 110 Å². The Morgan fingerprint density at radius 2 is 1.19 bits per heavy atom. The maximum absolute atomic E-state index is 7.11. The van der Waals surface area contributed by atoms with E-state index in [9.17, 15) is 0 Å². The molecule has 0 saturated carbocycles. The first-order valence-electron chi connectivity index (χ1n) is 24.1. The van der Waals surface area contributed by atoms with E-state index in [0.717, 1.165) is 67.8 Å². The van der Waals surface area contributed by atoms with Gasteiger partial charge < -0.3 is 13.6 Å². The number of aliphatic imine (C=N–C) groups is 1. The van der Waals surface area contributed by atoms with Crippen molar-refractivity contribution in [3.8, 4) is 11.4 Å². The lowest BCUT2D eigenvalue weighted by molar-refractivity contribution is 0.666. The van der Waals surface area contributed by atoms with Gasteiger partial charge in [-0.3, -0.25) is 4.99 Å². The second kappa shape index (κ2) is 14.6. The van der Waals surface area contributed by atoms with Crippen LogP contribution >= 0.6 is 0 Å². The fourth-order valence-electron chi connectivity index (χ4n) is 11.9. The van der Waals surface area contributed by atoms with Gasteiger partial charge in [-0.2, -0.15) is 0 Å². The van der Waals surface area contributed by atoms with E-state index < -0.39 is 0 Å². The highest BCUT2D eigenvalue weighted by atomic mass is 16.3. The summed E-state index contributed by atoms with van der Waals surface area (Å²) in [6.07, 6.45) is 4.00. The second-order valence-corrected chi connectivity index (χ2v) is 19.0. The van der Waals surface area contributed by atoms with Crippen LogP contribution in [0.3, 0.4) is 0 Å². The highest BCUT2D eigenvalue weighted by molar-refractivity contribution is 6.21. The Morgan fingerprint density at radius 1 is 0.493 bits per heavy atom. The molecule has 0 amide bonds. The third-order valence-electron chi connectivity index (χ3n) is 15.1. The van der Waals surface area contributed by atoms with E-state index >= 15 is 0 Å². The quantitative estimate of drug-likeness (QED) is 0.174. The van der Waals surface area contributed by atoms with E-state index in [1.807, 2.05) is 0 Å². The number of allylic oxidation sites excluding steroid dienone is 3. The van der Waals surface area contributed by atoms with Crippen molar-refractivity contribution >= 4 is 104 Å². The van der Waals surface area contributed by atoms with Crippen LogP contribution in [0, 0.1) is 5.92 Å². The molecule has 0 fully saturated rings. The lowest BCUT2D eigenvalue weighted by atomic mass is 9.84. The van der Waals surface area contributed by atoms with Gasteiger partial charge in [0.05, 0.1) is 39.2 Å². The molecule has 2 aliphatic rings. The Labute approximate surface area is 398 Å². The highest BCUT2D eigenvalue weighted by Crippen LogP contribution is 2.48. The first-order valence-corrected chi connectivity index (χ1v) is 24.1. The Balaban J connectivity index is 1.09. The fraction of sp³-hybridized carbons (Fsp3) is 0.0615. The van der Waals surface area contributed by atoms with Gasteiger partial charge in [-0.1, -0.05) is 165 Å². The largest absolute Gasteiger partial charge is 0.454 e. The molecular weight excluding hydrogens is 839 g/mol. The van der Waals surface area contributed by atoms with Gasteiger partial charge >= 0.3 is 0 Å². The van der Waals surface area contributed by atoms with Crippen LogP contribution in [-0.2, 0) is 6.42 Å². The minimum atomic E-state index is 0.0554. The average molecular weight is 882 g/mol. The molecule has 2 aliphatic heterocycles. The van der Waals surface area contributed by atoms with E-state index in [4.69, 9.17) is 9.41 Å². The molecule has 69 heavy (non-hydrogen) atoms. The first kappa shape index (κ1) is 38.4. The molecule has 1 atom stereocenters. The molecule has 4 nitrogen and oxygen atoms in total. The van der Waals surface area contributed by atoms with Crippen molar-refractivity contribution in [2.24, 2.45) is 10.9 Å². The van der Waals surface area contributed by atoms with Crippen LogP contribution < -0.4 is 0 Å². The van der Waals surface area contributed by atoms with Gasteiger partial charge in [0.15, 0.2) is 5.58 Å². The SMILES string of the molecule is CC1CC=C2/C(=C(/c3ccc4ccccc4c3)N=C1c1cccc3c4ccccc4n(-c4ccccc4)c13)Cc1ccc3c4cc5ccccc5cc4n(c3c1)-c1c2ccc2c1oc1ccccc12. The number of para-hydroxylation sites is 4. The van der Waals surface area contributed by atoms with E-state index in [1.54, 1.807) is 0 Å². The Hall–Kier alpha value is -8.73. The van der Waals surface area contributed by atoms with Crippen molar-refractivity contribution in [3.05, 3.63) is 240 Å². The van der Waals surface area contributed by atoms with Gasteiger partial charge in [0.1, 0.15) is 5.58 Å². The molecule has 0 N–H and O–H groups in total. The molecule has 10 aromatic carbocycles. The van der Waals surface area contributed by atoms with Crippen molar-refractivity contribution in [2.45, 2.75) is 19.8 Å². The summed E-state index contributed by atoms with van der Waals surface area (Å²) >= 11 is 0. The number of hydrogen-bond donors (Lipinski definition) is 0. The zero-order valence-corrected chi connectivity index (χ0v) is 37.9. The summed E-state index contributed by atoms with van der Waals surface area (Å²) in [4.78, 5) is 6.14. The molecule has 15 rings (SSSR count). The van der Waals surface area contributed by atoms with Gasteiger partial charge in [-0.05, 0) is 99.3 Å². The van der Waals surface area contributed by atoms with Crippen LogP contribution in [0.5, 0.6) is 0 Å². The van der Waals surface area contributed by atoms with E-state index in [2.05, 4.69) is 228 Å². The number of fused-ring (bicyclic) bond motifs is 17. The van der Waals surface area contributed by atoms with Crippen molar-refractivity contribution in [1.29, 1.82) is 0 Å². The van der Waals surface area contributed by atoms with Crippen molar-refractivity contribution in [3.63, 3.8) is 0 Å². The number of furan rings is 1. The Bertz CT molecular complexity index is 4440. The van der Waals surface area contributed by atoms with Crippen LogP contribution in [-0.4, -0.2) is 14.8 Å². The smallest absolute Gasteiger partial charge is 0.160 e. The Kier molecular flexibility index (Phi) is 8.14. The number of hydrogen-bond acceptors (Lipinski definition) is 2. The zero-order valence-electron chi connectivity index (χ0n) is 37.9. The summed E-state index contributed by atoms with van der Waals surface area (Å²) < 4.78 is 12.1. The Morgan fingerprint density at radius 3 is 2.06 bits per heavy atom. The molecule has 2 bridgehead atoms. The third-order valence-corrected chi connectivity index (χ3v) is 15.1. The molecular formula is C65H43N3O. The normalized spacial score (nSPS) is 16.2. The highest BCUT2D eigenvalue weighted by Gasteiger charge is 2.30. The average Bonchev–Trinajstić information content (AvgIpc) is 4.05. The number of benzene rings is 10. The molecule has 1 unspecified atom stereocenters. The summed E-state index contributed by atoms with van der Waals surface area (Å²) in [5.74, 6) is 0.0554. The lowest BCUT2D eigenvalue weighted by Gasteiger charge is -2.25. The van der Waals surface area contributed by atoms with E-state index in [1.165, 1.54) is 81.9 Å². The van der Waals surface area contributed by atoms with Crippen LogP contribution in [0.2, 0.25) is 0 Å². The van der Waals surface area contributed by atoms with Gasteiger partial charge in [0.2, 0.25) is 0 Å². The predicted octanol–water partition coefficient (Wildman–Crippen LogP) is 17.0. The van der Waals surface area contributed by atoms with Gasteiger partial charge in [-0.15, -0.1) is 0 Å². The van der Waals surface area contributed by atoms with Crippen LogP contribution in [0.4, 0.5) is 0 Å². The van der Waals surface area contributed by atoms with E-state index in [0.29, 0.717) is 6.42 Å². The van der Waals surface area contributed by atoms with Crippen molar-refractivity contribution in [1.82, 2.24) is 9.13 Å². The van der Waals surface area contributed by atoms with E-state index in [-0.39, 0.29) is 5.92 Å². The maximum atomic E-state index is 7.11. The molecule has 3 aromatic heterocycles. The molecule has 13 aromatic rings. The van der Waals surface area contributed by atoms with Crippen molar-refractivity contribution < 1.29 is 4.42 Å². The van der Waals surface area contributed by atoms with Gasteiger partial charge in [0, 0.05) is 67.0 Å². The standard InChI is InChI=1S/C65H43N3O/c1-39-26-30-47-52-32-33-53-50-21-10-12-25-60(50)69-65(53)64(52)68-58-35-40(27-31-49(58)55-37-43-16-7-8-17-44(43)38-59(55)68)34-56(47)62(45-29-28-41-14-5-6-15-42(41)36-45)66-61(39)54-23-13-22-51-48-20-9-11-24-57(48)67(63(51)54)46-18-3-2-4-19-46/h2-25,27-33,35-39H,26,34H2,1H3/b47-30?,62-56-,66-61?. The second-order valence-electron chi connectivity index (χ2n) is 19.0. The lowest BCUT2D eigenvalue weighted by Crippen LogP contribution is -2.17. The van der Waals surface area contributed by atoms with Crippen LogP contribution in [0.15, 0.2) is 227 Å². The summed E-state index contributed by atoms with van der Waals surface area (Å²) in [7, 11) is 0. The topological polar surface area (TPSA) is 35.4 Å². The van der Waals surface area contributed by atoms with Gasteiger partial charge in [-0.25, -0.2) is 0 Å². The maximum Gasteiger partial charge on any atom is 0.160 e. The van der Waals surface area contributed by atoms with Crippen LogP contribution in [0.1, 0.15) is 35.6 Å². The third kappa shape index (κ3) is 5.66. The minimum absolute atomic E-state index is 0.0554. The van der Waals surface area contributed by atoms with Gasteiger partial charge in [0.25, 0.3) is 0 Å². The molecule has 0 saturated heterocycles. The molecule has 324 valence electrons. The molecule has 0 aliphatic carbocycles. The minimum Gasteiger partial charge on any atom is -0.454 e. The summed E-state index contributed by atoms with van der Waals surface area (Å²) in [6, 6.07) is 75.8. The molecule has 0 radical (unpaired) electrons. The summed E-state index contributed by atoms with van der Waals surface area (Å²) in [6.45, 7) is 2.36. The monoisotopic (exact) mass is 881 g/mol. The molecule has 5 heterocycles. The number of rotatable bonds is 3. The summed E-state index contributed by atoms with van der Waals surface area (Å²) in [5.41, 5.74) is 17.8. The predicted molar refractivity (Wildman–Crippen MR) is 289 cm³/mol.